The number of aromatic hydroxyl groups is 1. The molecule has 6 heteroatoms. The lowest BCUT2D eigenvalue weighted by Gasteiger charge is -2.49. The summed E-state index contributed by atoms with van der Waals surface area (Å²) < 4.78 is 1.53. The van der Waals surface area contributed by atoms with Gasteiger partial charge in [-0.3, -0.25) is 9.79 Å². The molecule has 2 N–H and O–H groups in total. The van der Waals surface area contributed by atoms with Gasteiger partial charge in [0.15, 0.2) is 0 Å². The van der Waals surface area contributed by atoms with E-state index in [2.05, 4.69) is 58.0 Å². The summed E-state index contributed by atoms with van der Waals surface area (Å²) in [7, 11) is 3.91. The highest BCUT2D eigenvalue weighted by molar-refractivity contribution is 6.11. The number of aliphatic imine (C=N–C) groups is 1. The molecule has 1 aromatic carbocycles. The Morgan fingerprint density at radius 2 is 1.71 bits per heavy atom. The molecule has 0 aliphatic carbocycles. The number of benzene rings is 1. The number of aromatic nitrogens is 1. The number of aryl methyl sites for hydroxylation is 1. The van der Waals surface area contributed by atoms with E-state index in [4.69, 9.17) is 4.99 Å². The number of hydrogen-bond acceptors (Lipinski definition) is 5. The molecule has 1 fully saturated rings. The molecule has 35 heavy (non-hydrogen) atoms. The summed E-state index contributed by atoms with van der Waals surface area (Å²) >= 11 is 0. The first-order valence-electron chi connectivity index (χ1n) is 12.3. The van der Waals surface area contributed by atoms with Crippen molar-refractivity contribution in [1.82, 2.24) is 14.8 Å². The second-order valence-corrected chi connectivity index (χ2v) is 11.4. The molecule has 0 spiro atoms. The van der Waals surface area contributed by atoms with Crippen LogP contribution in [0.15, 0.2) is 69.7 Å². The Morgan fingerprint density at radius 1 is 1.06 bits per heavy atom. The largest absolute Gasteiger partial charge is 0.507 e. The number of phenols is 1. The summed E-state index contributed by atoms with van der Waals surface area (Å²) in [6.45, 7) is 11.8. The zero-order chi connectivity index (χ0) is 25.5. The summed E-state index contributed by atoms with van der Waals surface area (Å²) in [5.74, 6) is 0.155. The first-order valence-corrected chi connectivity index (χ1v) is 12.3. The lowest BCUT2D eigenvalue weighted by atomic mass is 9.79. The fourth-order valence-electron chi connectivity index (χ4n) is 5.63. The van der Waals surface area contributed by atoms with Gasteiger partial charge in [0, 0.05) is 54.7 Å². The molecule has 6 nitrogen and oxygen atoms in total. The van der Waals surface area contributed by atoms with Gasteiger partial charge >= 0.3 is 0 Å². The van der Waals surface area contributed by atoms with E-state index in [9.17, 15) is 9.90 Å². The van der Waals surface area contributed by atoms with E-state index < -0.39 is 0 Å². The van der Waals surface area contributed by atoms with Crippen LogP contribution in [-0.2, 0) is 7.05 Å². The number of hydrogen-bond donors (Lipinski definition) is 2. The molecule has 2 aromatic rings. The van der Waals surface area contributed by atoms with E-state index in [1.165, 1.54) is 15.8 Å². The fraction of sp³-hybridized carbons (Fsp3) is 0.448. The molecular weight excluding hydrogens is 436 g/mol. The molecule has 3 heterocycles. The van der Waals surface area contributed by atoms with E-state index in [-0.39, 0.29) is 22.4 Å². The Morgan fingerprint density at radius 3 is 2.34 bits per heavy atom. The predicted octanol–water partition coefficient (Wildman–Crippen LogP) is 4.63. The number of nitrogens with zero attached hydrogens (tertiary/aromatic N) is 3. The highest BCUT2D eigenvalue weighted by Gasteiger charge is 2.39. The zero-order valence-electron chi connectivity index (χ0n) is 22.0. The molecule has 2 aliphatic heterocycles. The van der Waals surface area contributed by atoms with Crippen molar-refractivity contribution >= 4 is 5.71 Å². The first-order chi connectivity index (χ1) is 16.3. The molecule has 1 saturated heterocycles. The average Bonchev–Trinajstić information content (AvgIpc) is 2.94. The Hall–Kier alpha value is -3.12. The second kappa shape index (κ2) is 9.15. The summed E-state index contributed by atoms with van der Waals surface area (Å²) in [6, 6.07) is 9.39. The summed E-state index contributed by atoms with van der Waals surface area (Å²) in [5, 5.41) is 14.6. The van der Waals surface area contributed by atoms with Gasteiger partial charge in [-0.05, 0) is 94.5 Å². The van der Waals surface area contributed by atoms with Crippen LogP contribution in [0, 0.1) is 0 Å². The van der Waals surface area contributed by atoms with Crippen LogP contribution in [0.25, 0.3) is 11.1 Å². The molecule has 0 atom stereocenters. The van der Waals surface area contributed by atoms with Gasteiger partial charge in [0.25, 0.3) is 5.56 Å². The number of likely N-dealkylation sites (N-methyl/N-ethyl adjacent to an activating group) is 1. The van der Waals surface area contributed by atoms with Gasteiger partial charge in [0.1, 0.15) is 5.75 Å². The van der Waals surface area contributed by atoms with Crippen LogP contribution in [0.5, 0.6) is 5.75 Å². The molecule has 0 bridgehead atoms. The maximum Gasteiger partial charge on any atom is 0.250 e. The van der Waals surface area contributed by atoms with E-state index in [1.807, 2.05) is 24.3 Å². The van der Waals surface area contributed by atoms with Gasteiger partial charge in [-0.1, -0.05) is 6.07 Å². The lowest BCUT2D eigenvalue weighted by molar-refractivity contribution is 0.100. The van der Waals surface area contributed by atoms with Crippen molar-refractivity contribution < 1.29 is 5.11 Å². The quantitative estimate of drug-likeness (QED) is 0.678. The summed E-state index contributed by atoms with van der Waals surface area (Å²) in [5.41, 5.74) is 5.49. The molecule has 1 aromatic heterocycles. The standard InChI is InChI=1S/C29H38N4O2/c1-19-18-30-24(10-11-25(19)33(7)22-16-28(2,3)31-29(4,5)17-22)23-9-8-20(14-26(23)34)21-12-13-32(6)27(35)15-21/h8-15,22,31,34H,16-18H2,1-7H3. The molecule has 0 saturated carbocycles. The molecule has 4 rings (SSSR count). The Bertz CT molecular complexity index is 1260. The monoisotopic (exact) mass is 474 g/mol. The number of pyridine rings is 1. The number of nitrogens with one attached hydrogen (secondary N) is 1. The van der Waals surface area contributed by atoms with Crippen LogP contribution in [-0.4, -0.2) is 51.0 Å². The lowest BCUT2D eigenvalue weighted by Crippen LogP contribution is -2.61. The molecular formula is C29H38N4O2. The third-order valence-corrected chi connectivity index (χ3v) is 7.13. The highest BCUT2D eigenvalue weighted by Crippen LogP contribution is 2.34. The van der Waals surface area contributed by atoms with E-state index in [1.54, 1.807) is 25.4 Å². The SMILES string of the molecule is CC1=C(N(C)C2CC(C)(C)NC(C)(C)C2)C=CC(c2ccc(-c3ccn(C)c(=O)c3)cc2O)=NC1. The van der Waals surface area contributed by atoms with Gasteiger partial charge in [0.05, 0.1) is 12.3 Å². The van der Waals surface area contributed by atoms with Crippen molar-refractivity contribution in [2.75, 3.05) is 13.6 Å². The van der Waals surface area contributed by atoms with E-state index in [0.717, 1.165) is 29.7 Å². The maximum atomic E-state index is 12.0. The minimum absolute atomic E-state index is 0.0712. The molecule has 0 amide bonds. The topological polar surface area (TPSA) is 69.9 Å². The minimum atomic E-state index is -0.0825. The van der Waals surface area contributed by atoms with E-state index >= 15 is 0 Å². The molecule has 186 valence electrons. The van der Waals surface area contributed by atoms with Gasteiger partial charge in [-0.15, -0.1) is 0 Å². The second-order valence-electron chi connectivity index (χ2n) is 11.4. The van der Waals surface area contributed by atoms with Crippen LogP contribution in [0.4, 0.5) is 0 Å². The Labute approximate surface area is 208 Å². The van der Waals surface area contributed by atoms with Crippen molar-refractivity contribution in [2.24, 2.45) is 12.0 Å². The Kier molecular flexibility index (Phi) is 6.54. The Balaban J connectivity index is 1.57. The fourth-order valence-corrected chi connectivity index (χ4v) is 5.63. The zero-order valence-corrected chi connectivity index (χ0v) is 22.0. The van der Waals surface area contributed by atoms with Crippen LogP contribution in [0.3, 0.4) is 0 Å². The number of piperidine rings is 1. The van der Waals surface area contributed by atoms with Crippen molar-refractivity contribution in [2.45, 2.75) is 64.6 Å². The van der Waals surface area contributed by atoms with Crippen molar-refractivity contribution in [1.29, 1.82) is 0 Å². The van der Waals surface area contributed by atoms with Gasteiger partial charge in [0.2, 0.25) is 0 Å². The predicted molar refractivity (Wildman–Crippen MR) is 144 cm³/mol. The summed E-state index contributed by atoms with van der Waals surface area (Å²) in [6.07, 6.45) is 8.01. The maximum absolute atomic E-state index is 12.0. The molecule has 0 radical (unpaired) electrons. The van der Waals surface area contributed by atoms with Gasteiger partial charge in [-0.2, -0.15) is 0 Å². The molecule has 0 unspecified atom stereocenters. The number of rotatable bonds is 4. The van der Waals surface area contributed by atoms with Crippen LogP contribution < -0.4 is 10.9 Å². The average molecular weight is 475 g/mol. The highest BCUT2D eigenvalue weighted by atomic mass is 16.3. The third kappa shape index (κ3) is 5.43. The van der Waals surface area contributed by atoms with Gasteiger partial charge in [-0.25, -0.2) is 0 Å². The normalized spacial score (nSPS) is 19.9. The van der Waals surface area contributed by atoms with Crippen LogP contribution in [0.2, 0.25) is 0 Å². The van der Waals surface area contributed by atoms with Gasteiger partial charge < -0.3 is 19.9 Å². The van der Waals surface area contributed by atoms with Crippen molar-refractivity contribution in [3.05, 3.63) is 75.9 Å². The number of allylic oxidation sites excluding steroid dienone is 2. The summed E-state index contributed by atoms with van der Waals surface area (Å²) in [4.78, 5) is 19.2. The third-order valence-electron chi connectivity index (χ3n) is 7.13. The minimum Gasteiger partial charge on any atom is -0.507 e. The molecule has 2 aliphatic rings. The van der Waals surface area contributed by atoms with Crippen molar-refractivity contribution in [3.63, 3.8) is 0 Å². The van der Waals surface area contributed by atoms with E-state index in [0.29, 0.717) is 18.2 Å². The van der Waals surface area contributed by atoms with Crippen LogP contribution in [0.1, 0.15) is 53.0 Å². The number of phenolic OH excluding ortho intramolecular Hbond substituents is 1. The first kappa shape index (κ1) is 25.0. The van der Waals surface area contributed by atoms with Crippen LogP contribution >= 0.6 is 0 Å². The smallest absolute Gasteiger partial charge is 0.250 e. The van der Waals surface area contributed by atoms with Crippen molar-refractivity contribution in [3.8, 4) is 16.9 Å².